The Hall–Kier alpha value is -1.10. The van der Waals surface area contributed by atoms with Gasteiger partial charge in [0.1, 0.15) is 0 Å². The third kappa shape index (κ3) is 8.90. The Balaban J connectivity index is 3.03. The van der Waals surface area contributed by atoms with Crippen molar-refractivity contribution in [1.82, 2.24) is 10.9 Å². The molecular weight excluding hydrogens is 148 g/mol. The lowest BCUT2D eigenvalue weighted by atomic mass is 10.3. The van der Waals surface area contributed by atoms with Crippen LogP contribution >= 0.6 is 0 Å². The first-order chi connectivity index (χ1) is 5.13. The summed E-state index contributed by atoms with van der Waals surface area (Å²) < 4.78 is 0. The number of carboxylic acids is 1. The van der Waals surface area contributed by atoms with E-state index in [9.17, 15) is 9.59 Å². The average molecular weight is 160 g/mol. The van der Waals surface area contributed by atoms with Crippen LogP contribution in [0, 0.1) is 0 Å². The first kappa shape index (κ1) is 9.90. The van der Waals surface area contributed by atoms with Gasteiger partial charge in [-0.3, -0.25) is 15.0 Å². The second-order valence-electron chi connectivity index (χ2n) is 2.11. The fourth-order valence-electron chi connectivity index (χ4n) is 0.515. The number of hydrogen-bond donors (Lipinski definition) is 3. The van der Waals surface area contributed by atoms with Crippen molar-refractivity contribution in [1.29, 1.82) is 0 Å². The highest BCUT2D eigenvalue weighted by atomic mass is 16.4. The lowest BCUT2D eigenvalue weighted by Crippen LogP contribution is -2.36. The first-order valence-corrected chi connectivity index (χ1v) is 3.34. The summed E-state index contributed by atoms with van der Waals surface area (Å²) in [5, 5.41) is 8.21. The fraction of sp³-hybridized carbons (Fsp3) is 0.667. The molecule has 3 N–H and O–H groups in total. The molecule has 64 valence electrons. The van der Waals surface area contributed by atoms with E-state index in [1.807, 2.05) is 0 Å². The molecule has 0 aromatic carbocycles. The maximum atomic E-state index is 10.3. The van der Waals surface area contributed by atoms with Crippen LogP contribution in [0.4, 0.5) is 0 Å². The summed E-state index contributed by atoms with van der Waals surface area (Å²) in [6, 6.07) is 0. The molecule has 0 radical (unpaired) electrons. The highest BCUT2D eigenvalue weighted by Gasteiger charge is 1.95. The normalized spacial score (nSPS) is 9.18. The molecule has 5 nitrogen and oxygen atoms in total. The third-order valence-electron chi connectivity index (χ3n) is 0.957. The summed E-state index contributed by atoms with van der Waals surface area (Å²) in [5.74, 6) is -1.00. The second-order valence-corrected chi connectivity index (χ2v) is 2.11. The lowest BCUT2D eigenvalue weighted by Gasteiger charge is -2.01. The summed E-state index contributed by atoms with van der Waals surface area (Å²) >= 11 is 0. The molecule has 0 aromatic heterocycles. The van der Waals surface area contributed by atoms with Crippen LogP contribution in [0.2, 0.25) is 0 Å². The number of carboxylic acid groups (broad SMARTS) is 1. The van der Waals surface area contributed by atoms with Crippen molar-refractivity contribution in [3.8, 4) is 0 Å². The molecule has 0 unspecified atom stereocenters. The number of carbonyl (C=O) groups is 2. The number of carbonyl (C=O) groups excluding carboxylic acids is 1. The quantitative estimate of drug-likeness (QED) is 0.374. The van der Waals surface area contributed by atoms with E-state index in [-0.39, 0.29) is 12.3 Å². The van der Waals surface area contributed by atoms with Crippen LogP contribution in [0.15, 0.2) is 0 Å². The van der Waals surface area contributed by atoms with Crippen LogP contribution in [0.1, 0.15) is 19.8 Å². The minimum absolute atomic E-state index is 0.118. The molecule has 0 atom stereocenters. The molecular formula is C6H12N2O3. The Morgan fingerprint density at radius 2 is 2.09 bits per heavy atom. The van der Waals surface area contributed by atoms with E-state index in [2.05, 4.69) is 10.9 Å². The molecule has 0 spiro atoms. The first-order valence-electron chi connectivity index (χ1n) is 3.34. The van der Waals surface area contributed by atoms with Crippen LogP contribution in [0.3, 0.4) is 0 Å². The van der Waals surface area contributed by atoms with E-state index in [4.69, 9.17) is 5.11 Å². The number of amides is 1. The molecule has 1 amide bonds. The molecule has 0 aromatic rings. The van der Waals surface area contributed by atoms with Gasteiger partial charge in [0.2, 0.25) is 5.91 Å². The van der Waals surface area contributed by atoms with E-state index in [1.54, 1.807) is 0 Å². The van der Waals surface area contributed by atoms with Crippen molar-refractivity contribution in [2.75, 3.05) is 6.54 Å². The van der Waals surface area contributed by atoms with Crippen LogP contribution in [-0.4, -0.2) is 23.5 Å². The molecule has 0 fully saturated rings. The standard InChI is InChI=1S/C6H12N2O3/c1-5(9)8-7-4-2-3-6(10)11/h7H,2-4H2,1H3,(H,8,9)(H,10,11). The molecule has 11 heavy (non-hydrogen) atoms. The van der Waals surface area contributed by atoms with Crippen molar-refractivity contribution >= 4 is 11.9 Å². The van der Waals surface area contributed by atoms with Crippen LogP contribution in [-0.2, 0) is 9.59 Å². The van der Waals surface area contributed by atoms with E-state index < -0.39 is 5.97 Å². The summed E-state index contributed by atoms with van der Waals surface area (Å²) in [6.45, 7) is 1.86. The van der Waals surface area contributed by atoms with Crippen molar-refractivity contribution < 1.29 is 14.7 Å². The van der Waals surface area contributed by atoms with Gasteiger partial charge in [0.25, 0.3) is 0 Å². The molecule has 0 aliphatic carbocycles. The molecule has 5 heteroatoms. The third-order valence-corrected chi connectivity index (χ3v) is 0.957. The molecule has 0 bridgehead atoms. The van der Waals surface area contributed by atoms with Gasteiger partial charge in [-0.1, -0.05) is 0 Å². The van der Waals surface area contributed by atoms with Gasteiger partial charge in [0, 0.05) is 19.9 Å². The van der Waals surface area contributed by atoms with Gasteiger partial charge < -0.3 is 5.11 Å². The van der Waals surface area contributed by atoms with Gasteiger partial charge >= 0.3 is 5.97 Å². The van der Waals surface area contributed by atoms with Gasteiger partial charge in [-0.2, -0.15) is 0 Å². The van der Waals surface area contributed by atoms with E-state index >= 15 is 0 Å². The van der Waals surface area contributed by atoms with Crippen LogP contribution in [0.5, 0.6) is 0 Å². The fourth-order valence-corrected chi connectivity index (χ4v) is 0.515. The maximum Gasteiger partial charge on any atom is 0.303 e. The Bertz CT molecular complexity index is 131. The van der Waals surface area contributed by atoms with E-state index in [0.717, 1.165) is 0 Å². The highest BCUT2D eigenvalue weighted by Crippen LogP contribution is 1.84. The van der Waals surface area contributed by atoms with Gasteiger partial charge in [-0.25, -0.2) is 5.43 Å². The minimum Gasteiger partial charge on any atom is -0.481 e. The molecule has 0 rings (SSSR count). The molecule has 0 aliphatic rings. The highest BCUT2D eigenvalue weighted by molar-refractivity contribution is 5.72. The molecule has 0 saturated carbocycles. The Morgan fingerprint density at radius 1 is 1.45 bits per heavy atom. The monoisotopic (exact) mass is 160 g/mol. The average Bonchev–Trinajstić information content (AvgIpc) is 1.85. The van der Waals surface area contributed by atoms with E-state index in [1.165, 1.54) is 6.92 Å². The summed E-state index contributed by atoms with van der Waals surface area (Å²) in [7, 11) is 0. The van der Waals surface area contributed by atoms with Crippen LogP contribution in [0.25, 0.3) is 0 Å². The van der Waals surface area contributed by atoms with Crippen molar-refractivity contribution in [2.45, 2.75) is 19.8 Å². The number of aliphatic carboxylic acids is 1. The molecule has 0 aliphatic heterocycles. The van der Waals surface area contributed by atoms with Gasteiger partial charge in [-0.15, -0.1) is 0 Å². The zero-order valence-electron chi connectivity index (χ0n) is 6.39. The number of nitrogens with one attached hydrogen (secondary N) is 2. The molecule has 0 saturated heterocycles. The van der Waals surface area contributed by atoms with Gasteiger partial charge in [-0.05, 0) is 6.42 Å². The van der Waals surface area contributed by atoms with Gasteiger partial charge in [0.05, 0.1) is 0 Å². The smallest absolute Gasteiger partial charge is 0.303 e. The molecule has 0 heterocycles. The van der Waals surface area contributed by atoms with Crippen molar-refractivity contribution in [3.63, 3.8) is 0 Å². The lowest BCUT2D eigenvalue weighted by molar-refractivity contribution is -0.137. The Morgan fingerprint density at radius 3 is 2.55 bits per heavy atom. The zero-order valence-corrected chi connectivity index (χ0v) is 6.39. The SMILES string of the molecule is CC(=O)NNCCCC(=O)O. The maximum absolute atomic E-state index is 10.3. The van der Waals surface area contributed by atoms with Crippen molar-refractivity contribution in [2.24, 2.45) is 0 Å². The number of hydrogen-bond acceptors (Lipinski definition) is 3. The van der Waals surface area contributed by atoms with E-state index in [0.29, 0.717) is 13.0 Å². The number of hydrazine groups is 1. The summed E-state index contributed by atoms with van der Waals surface area (Å²) in [4.78, 5) is 20.2. The summed E-state index contributed by atoms with van der Waals surface area (Å²) in [6.07, 6.45) is 0.627. The number of rotatable bonds is 5. The van der Waals surface area contributed by atoms with Crippen molar-refractivity contribution in [3.05, 3.63) is 0 Å². The minimum atomic E-state index is -0.824. The van der Waals surface area contributed by atoms with Gasteiger partial charge in [0.15, 0.2) is 0 Å². The topological polar surface area (TPSA) is 78.4 Å². The Labute approximate surface area is 64.8 Å². The second kappa shape index (κ2) is 5.67. The van der Waals surface area contributed by atoms with Crippen LogP contribution < -0.4 is 10.9 Å². The zero-order chi connectivity index (χ0) is 8.69. The predicted octanol–water partition coefficient (Wildman–Crippen LogP) is -0.508. The largest absolute Gasteiger partial charge is 0.481 e. The Kier molecular flexibility index (Phi) is 5.10. The summed E-state index contributed by atoms with van der Waals surface area (Å²) in [5.41, 5.74) is 4.91. The predicted molar refractivity (Wildman–Crippen MR) is 38.7 cm³/mol.